The van der Waals surface area contributed by atoms with E-state index in [1.807, 2.05) is 6.92 Å². The molecule has 0 bridgehead atoms. The molecule has 4 heteroatoms. The number of Topliss-reactive ketones (excluding diaryl/α,β-unsaturated/α-hetero) is 1. The second-order valence-electron chi connectivity index (χ2n) is 5.65. The van der Waals surface area contributed by atoms with Crippen LogP contribution in [0.2, 0.25) is 0 Å². The minimum absolute atomic E-state index is 0.108. The van der Waals surface area contributed by atoms with E-state index in [4.69, 9.17) is 4.74 Å². The summed E-state index contributed by atoms with van der Waals surface area (Å²) in [6, 6.07) is 3.96. The summed E-state index contributed by atoms with van der Waals surface area (Å²) in [6.45, 7) is 2.32. The maximum atomic E-state index is 13.8. The van der Waals surface area contributed by atoms with Gasteiger partial charge in [-0.2, -0.15) is 0 Å². The lowest BCUT2D eigenvalue weighted by atomic mass is 9.86. The Morgan fingerprint density at radius 3 is 2.48 bits per heavy atom. The van der Waals surface area contributed by atoms with Crippen LogP contribution in [-0.2, 0) is 16.0 Å². The van der Waals surface area contributed by atoms with Gasteiger partial charge in [0.05, 0.1) is 0 Å². The van der Waals surface area contributed by atoms with Gasteiger partial charge in [-0.3, -0.25) is 4.79 Å². The van der Waals surface area contributed by atoms with Gasteiger partial charge in [0.1, 0.15) is 5.60 Å². The van der Waals surface area contributed by atoms with Crippen LogP contribution in [0.1, 0.15) is 51.0 Å². The summed E-state index contributed by atoms with van der Waals surface area (Å²) in [7, 11) is 0. The molecule has 0 aromatic heterocycles. The number of ether oxygens (including phenoxy) is 1. The Morgan fingerprint density at radius 1 is 1.19 bits per heavy atom. The fourth-order valence-electron chi connectivity index (χ4n) is 3.10. The molecule has 0 amide bonds. The zero-order valence-electron chi connectivity index (χ0n) is 12.5. The van der Waals surface area contributed by atoms with Gasteiger partial charge in [0.15, 0.2) is 17.4 Å². The highest BCUT2D eigenvalue weighted by Crippen LogP contribution is 2.32. The van der Waals surface area contributed by atoms with Crippen LogP contribution < -0.4 is 0 Å². The van der Waals surface area contributed by atoms with Gasteiger partial charge in [0.25, 0.3) is 0 Å². The molecule has 1 aromatic rings. The van der Waals surface area contributed by atoms with Gasteiger partial charge in [0, 0.05) is 13.0 Å². The number of hydrogen-bond donors (Lipinski definition) is 0. The molecule has 21 heavy (non-hydrogen) atoms. The Balaban J connectivity index is 2.20. The van der Waals surface area contributed by atoms with E-state index in [0.717, 1.165) is 31.7 Å². The van der Waals surface area contributed by atoms with E-state index >= 15 is 0 Å². The molecule has 0 radical (unpaired) electrons. The van der Waals surface area contributed by atoms with Crippen molar-refractivity contribution in [2.75, 3.05) is 6.61 Å². The van der Waals surface area contributed by atoms with Gasteiger partial charge >= 0.3 is 0 Å². The van der Waals surface area contributed by atoms with Crippen LogP contribution in [-0.4, -0.2) is 18.0 Å². The monoisotopic (exact) mass is 296 g/mol. The molecule has 1 aromatic carbocycles. The summed E-state index contributed by atoms with van der Waals surface area (Å²) < 4.78 is 32.8. The van der Waals surface area contributed by atoms with E-state index < -0.39 is 17.2 Å². The minimum atomic E-state index is -0.925. The lowest BCUT2D eigenvalue weighted by Crippen LogP contribution is -2.42. The summed E-state index contributed by atoms with van der Waals surface area (Å²) >= 11 is 0. The minimum Gasteiger partial charge on any atom is -0.367 e. The van der Waals surface area contributed by atoms with Gasteiger partial charge in [-0.1, -0.05) is 37.8 Å². The maximum absolute atomic E-state index is 13.8. The van der Waals surface area contributed by atoms with E-state index in [1.54, 1.807) is 0 Å². The third-order valence-corrected chi connectivity index (χ3v) is 4.22. The second-order valence-corrected chi connectivity index (χ2v) is 5.65. The molecular formula is C17H22F2O2. The SMILES string of the molecule is CCOC1(C(=O)Cc2cccc(F)c2F)CCCCCC1. The largest absolute Gasteiger partial charge is 0.367 e. The average Bonchev–Trinajstić information content (AvgIpc) is 2.71. The summed E-state index contributed by atoms with van der Waals surface area (Å²) in [4.78, 5) is 12.7. The van der Waals surface area contributed by atoms with Crippen LogP contribution in [0.15, 0.2) is 18.2 Å². The zero-order chi connectivity index (χ0) is 15.3. The average molecular weight is 296 g/mol. The first-order chi connectivity index (χ1) is 10.1. The van der Waals surface area contributed by atoms with Crippen LogP contribution in [0.25, 0.3) is 0 Å². The van der Waals surface area contributed by atoms with Crippen molar-refractivity contribution in [1.82, 2.24) is 0 Å². The summed E-state index contributed by atoms with van der Waals surface area (Å²) in [5, 5.41) is 0. The summed E-state index contributed by atoms with van der Waals surface area (Å²) in [5.74, 6) is -1.96. The van der Waals surface area contributed by atoms with Crippen LogP contribution in [0, 0.1) is 11.6 Å². The molecule has 1 aliphatic carbocycles. The molecule has 2 rings (SSSR count). The van der Waals surface area contributed by atoms with Gasteiger partial charge in [-0.25, -0.2) is 8.78 Å². The molecule has 1 fully saturated rings. The number of halogens is 2. The molecular weight excluding hydrogens is 274 g/mol. The van der Waals surface area contributed by atoms with Crippen LogP contribution in [0.4, 0.5) is 8.78 Å². The molecule has 0 N–H and O–H groups in total. The van der Waals surface area contributed by atoms with Crippen LogP contribution >= 0.6 is 0 Å². The highest BCUT2D eigenvalue weighted by atomic mass is 19.2. The van der Waals surface area contributed by atoms with E-state index in [-0.39, 0.29) is 17.8 Å². The third-order valence-electron chi connectivity index (χ3n) is 4.22. The van der Waals surface area contributed by atoms with Crippen molar-refractivity contribution in [1.29, 1.82) is 0 Å². The van der Waals surface area contributed by atoms with Crippen molar-refractivity contribution in [3.8, 4) is 0 Å². The zero-order valence-corrected chi connectivity index (χ0v) is 12.5. The molecule has 0 spiro atoms. The fourth-order valence-corrected chi connectivity index (χ4v) is 3.10. The lowest BCUT2D eigenvalue weighted by Gasteiger charge is -2.31. The quantitative estimate of drug-likeness (QED) is 0.761. The van der Waals surface area contributed by atoms with Gasteiger partial charge in [-0.05, 0) is 31.4 Å². The molecule has 0 unspecified atom stereocenters. The summed E-state index contributed by atoms with van der Waals surface area (Å²) in [6.07, 6.45) is 5.32. The predicted octanol–water partition coefficient (Wildman–Crippen LogP) is 4.21. The van der Waals surface area contributed by atoms with E-state index in [1.165, 1.54) is 12.1 Å². The van der Waals surface area contributed by atoms with Crippen molar-refractivity contribution in [2.24, 2.45) is 0 Å². The topological polar surface area (TPSA) is 26.3 Å². The van der Waals surface area contributed by atoms with E-state index in [9.17, 15) is 13.6 Å². The van der Waals surface area contributed by atoms with E-state index in [0.29, 0.717) is 19.4 Å². The molecule has 0 saturated heterocycles. The van der Waals surface area contributed by atoms with Crippen LogP contribution in [0.5, 0.6) is 0 Å². The van der Waals surface area contributed by atoms with E-state index in [2.05, 4.69) is 0 Å². The first kappa shape index (κ1) is 16.1. The van der Waals surface area contributed by atoms with Gasteiger partial charge in [0.2, 0.25) is 0 Å². The number of carbonyl (C=O) groups is 1. The van der Waals surface area contributed by atoms with Crippen molar-refractivity contribution in [3.63, 3.8) is 0 Å². The fraction of sp³-hybridized carbons (Fsp3) is 0.588. The molecule has 0 heterocycles. The summed E-state index contributed by atoms with van der Waals surface area (Å²) in [5.41, 5.74) is -0.701. The normalized spacial score (nSPS) is 18.2. The van der Waals surface area contributed by atoms with Crippen molar-refractivity contribution in [2.45, 2.75) is 57.5 Å². The Bertz CT molecular complexity index is 492. The highest BCUT2D eigenvalue weighted by molar-refractivity contribution is 5.89. The number of ketones is 1. The molecule has 0 aliphatic heterocycles. The first-order valence-corrected chi connectivity index (χ1v) is 7.69. The number of carbonyl (C=O) groups excluding carboxylic acids is 1. The molecule has 0 atom stereocenters. The predicted molar refractivity (Wildman–Crippen MR) is 77.1 cm³/mol. The van der Waals surface area contributed by atoms with Crippen molar-refractivity contribution in [3.05, 3.63) is 35.4 Å². The maximum Gasteiger partial charge on any atom is 0.169 e. The Hall–Kier alpha value is -1.29. The van der Waals surface area contributed by atoms with Crippen LogP contribution in [0.3, 0.4) is 0 Å². The van der Waals surface area contributed by atoms with Crippen molar-refractivity contribution >= 4 is 5.78 Å². The van der Waals surface area contributed by atoms with Gasteiger partial charge in [-0.15, -0.1) is 0 Å². The highest BCUT2D eigenvalue weighted by Gasteiger charge is 2.39. The Labute approximate surface area is 124 Å². The first-order valence-electron chi connectivity index (χ1n) is 7.69. The Morgan fingerprint density at radius 2 is 1.86 bits per heavy atom. The van der Waals surface area contributed by atoms with Gasteiger partial charge < -0.3 is 4.74 Å². The molecule has 1 saturated carbocycles. The molecule has 1 aliphatic rings. The number of rotatable bonds is 5. The third kappa shape index (κ3) is 3.67. The van der Waals surface area contributed by atoms with Crippen molar-refractivity contribution < 1.29 is 18.3 Å². The smallest absolute Gasteiger partial charge is 0.169 e. The molecule has 2 nitrogen and oxygen atoms in total. The molecule has 116 valence electrons. The second kappa shape index (κ2) is 7.12. The lowest BCUT2D eigenvalue weighted by molar-refractivity contribution is -0.145. The standard InChI is InChI=1S/C17H22F2O2/c1-2-21-17(10-5-3-4-6-11-17)15(20)12-13-8-7-9-14(18)16(13)19/h7-9H,2-6,10-12H2,1H3. The number of hydrogen-bond acceptors (Lipinski definition) is 2. The Kier molecular flexibility index (Phi) is 5.45. The number of benzene rings is 1.